The Hall–Kier alpha value is -3.58. The fourth-order valence-corrected chi connectivity index (χ4v) is 3.98. The van der Waals surface area contributed by atoms with Gasteiger partial charge in [0.15, 0.2) is 0 Å². The molecule has 0 saturated carbocycles. The highest BCUT2D eigenvalue weighted by Crippen LogP contribution is 2.29. The van der Waals surface area contributed by atoms with Gasteiger partial charge in [0.05, 0.1) is 19.6 Å². The number of esters is 1. The molecule has 1 N–H and O–H groups in total. The Labute approximate surface area is 202 Å². The number of hydrogen-bond donors (Lipinski definition) is 1. The zero-order valence-corrected chi connectivity index (χ0v) is 20.1. The summed E-state index contributed by atoms with van der Waals surface area (Å²) in [7, 11) is 0. The molecule has 7 nitrogen and oxygen atoms in total. The highest BCUT2D eigenvalue weighted by atomic mass is 35.5. The van der Waals surface area contributed by atoms with Gasteiger partial charge in [-0.25, -0.2) is 4.98 Å². The summed E-state index contributed by atoms with van der Waals surface area (Å²) in [5.74, 6) is 0.852. The van der Waals surface area contributed by atoms with E-state index in [0.717, 1.165) is 40.0 Å². The first-order valence-corrected chi connectivity index (χ1v) is 11.5. The Morgan fingerprint density at radius 1 is 1.18 bits per heavy atom. The molecule has 0 amide bonds. The number of anilines is 2. The SMILES string of the molecule is CCOC(=O)Cc1cnc(Nc2ccc3oc(CC)c(C)c3c2)n(Cc2ccc(Cl)cc2)c1=O. The third kappa shape index (κ3) is 4.99. The topological polar surface area (TPSA) is 86.4 Å². The third-order valence-corrected chi connectivity index (χ3v) is 5.88. The number of furan rings is 1. The molecule has 0 aliphatic rings. The summed E-state index contributed by atoms with van der Waals surface area (Å²) in [5.41, 5.74) is 3.52. The van der Waals surface area contributed by atoms with Crippen molar-refractivity contribution in [2.45, 2.75) is 40.2 Å². The minimum atomic E-state index is -0.465. The molecule has 0 radical (unpaired) electrons. The number of ether oxygens (including phenoxy) is 1. The number of carbonyl (C=O) groups is 1. The molecule has 0 unspecified atom stereocenters. The molecular weight excluding hydrogens is 454 g/mol. The number of aryl methyl sites for hydroxylation is 2. The normalized spacial score (nSPS) is 11.1. The quantitative estimate of drug-likeness (QED) is 0.340. The second-order valence-corrected chi connectivity index (χ2v) is 8.38. The van der Waals surface area contributed by atoms with Crippen LogP contribution >= 0.6 is 11.6 Å². The molecule has 8 heteroatoms. The molecule has 2 heterocycles. The van der Waals surface area contributed by atoms with Crippen molar-refractivity contribution in [1.29, 1.82) is 0 Å². The molecule has 2 aromatic carbocycles. The molecule has 0 aliphatic carbocycles. The minimum Gasteiger partial charge on any atom is -0.466 e. The van der Waals surface area contributed by atoms with Crippen molar-refractivity contribution in [1.82, 2.24) is 9.55 Å². The second-order valence-electron chi connectivity index (χ2n) is 7.95. The van der Waals surface area contributed by atoms with Gasteiger partial charge in [-0.1, -0.05) is 30.7 Å². The maximum Gasteiger partial charge on any atom is 0.310 e. The van der Waals surface area contributed by atoms with Crippen LogP contribution in [0.2, 0.25) is 5.02 Å². The average Bonchev–Trinajstić information content (AvgIpc) is 3.14. The average molecular weight is 480 g/mol. The van der Waals surface area contributed by atoms with Crippen LogP contribution in [0.5, 0.6) is 0 Å². The van der Waals surface area contributed by atoms with E-state index in [9.17, 15) is 9.59 Å². The van der Waals surface area contributed by atoms with Crippen LogP contribution in [-0.4, -0.2) is 22.1 Å². The Kier molecular flexibility index (Phi) is 7.03. The summed E-state index contributed by atoms with van der Waals surface area (Å²) in [6, 6.07) is 13.0. The lowest BCUT2D eigenvalue weighted by Gasteiger charge is -2.15. The van der Waals surface area contributed by atoms with Gasteiger partial charge in [0.2, 0.25) is 5.95 Å². The van der Waals surface area contributed by atoms with E-state index in [1.54, 1.807) is 19.1 Å². The van der Waals surface area contributed by atoms with Crippen molar-refractivity contribution in [3.05, 3.63) is 86.5 Å². The van der Waals surface area contributed by atoms with Gasteiger partial charge in [0.1, 0.15) is 11.3 Å². The summed E-state index contributed by atoms with van der Waals surface area (Å²) >= 11 is 6.02. The van der Waals surface area contributed by atoms with Crippen LogP contribution in [0.4, 0.5) is 11.6 Å². The van der Waals surface area contributed by atoms with Crippen molar-refractivity contribution >= 4 is 40.2 Å². The Morgan fingerprint density at radius 3 is 2.65 bits per heavy atom. The number of fused-ring (bicyclic) bond motifs is 1. The van der Waals surface area contributed by atoms with E-state index < -0.39 is 5.97 Å². The number of nitrogens with zero attached hydrogens (tertiary/aromatic N) is 2. The van der Waals surface area contributed by atoms with E-state index in [1.807, 2.05) is 37.3 Å². The van der Waals surface area contributed by atoms with Crippen LogP contribution in [0, 0.1) is 6.92 Å². The monoisotopic (exact) mass is 479 g/mol. The van der Waals surface area contributed by atoms with Crippen LogP contribution in [0.15, 0.2) is 57.9 Å². The van der Waals surface area contributed by atoms with E-state index in [-0.39, 0.29) is 30.7 Å². The second kappa shape index (κ2) is 10.1. The Balaban J connectivity index is 1.73. The van der Waals surface area contributed by atoms with E-state index in [1.165, 1.54) is 10.8 Å². The van der Waals surface area contributed by atoms with Crippen LogP contribution < -0.4 is 10.9 Å². The Morgan fingerprint density at radius 2 is 1.94 bits per heavy atom. The molecule has 176 valence electrons. The number of benzene rings is 2. The first-order valence-electron chi connectivity index (χ1n) is 11.2. The summed E-state index contributed by atoms with van der Waals surface area (Å²) in [4.78, 5) is 29.8. The van der Waals surface area contributed by atoms with E-state index in [2.05, 4.69) is 17.2 Å². The summed E-state index contributed by atoms with van der Waals surface area (Å²) in [6.07, 6.45) is 2.10. The van der Waals surface area contributed by atoms with Crippen LogP contribution in [0.1, 0.15) is 36.3 Å². The first-order chi connectivity index (χ1) is 16.4. The number of hydrogen-bond acceptors (Lipinski definition) is 6. The van der Waals surface area contributed by atoms with Crippen molar-refractivity contribution in [2.24, 2.45) is 0 Å². The lowest BCUT2D eigenvalue weighted by atomic mass is 10.1. The fourth-order valence-electron chi connectivity index (χ4n) is 3.86. The van der Waals surface area contributed by atoms with Gasteiger partial charge in [-0.3, -0.25) is 14.2 Å². The number of halogens is 1. The van der Waals surface area contributed by atoms with Crippen molar-refractivity contribution in [2.75, 3.05) is 11.9 Å². The minimum absolute atomic E-state index is 0.138. The fraction of sp³-hybridized carbons (Fsp3) is 0.269. The number of carbonyl (C=O) groups excluding carboxylic acids is 1. The predicted molar refractivity (Wildman–Crippen MR) is 133 cm³/mol. The predicted octanol–water partition coefficient (Wildman–Crippen LogP) is 5.41. The van der Waals surface area contributed by atoms with E-state index >= 15 is 0 Å². The molecule has 2 aromatic heterocycles. The summed E-state index contributed by atoms with van der Waals surface area (Å²) < 4.78 is 12.4. The molecule has 4 rings (SSSR count). The Bertz CT molecular complexity index is 1390. The van der Waals surface area contributed by atoms with Gasteiger partial charge in [0.25, 0.3) is 5.56 Å². The van der Waals surface area contributed by atoms with Gasteiger partial charge in [-0.05, 0) is 55.3 Å². The number of nitrogens with one attached hydrogen (secondary N) is 1. The maximum absolute atomic E-state index is 13.3. The highest BCUT2D eigenvalue weighted by Gasteiger charge is 2.16. The molecular formula is C26H26ClN3O4. The molecule has 0 spiro atoms. The van der Waals surface area contributed by atoms with Crippen LogP contribution in [0.25, 0.3) is 11.0 Å². The van der Waals surface area contributed by atoms with Gasteiger partial charge in [0, 0.05) is 34.3 Å². The zero-order chi connectivity index (χ0) is 24.2. The number of aromatic nitrogens is 2. The smallest absolute Gasteiger partial charge is 0.310 e. The largest absolute Gasteiger partial charge is 0.466 e. The summed E-state index contributed by atoms with van der Waals surface area (Å²) in [5, 5.41) is 4.88. The molecule has 0 fully saturated rings. The standard InChI is InChI=1S/C26H26ClN3O4/c1-4-22-16(3)21-13-20(10-11-23(21)34-22)29-26-28-14-18(12-24(31)33-5-2)25(32)30(26)15-17-6-8-19(27)9-7-17/h6-11,13-14H,4-5,12,15H2,1-3H3,(H,28,29). The summed E-state index contributed by atoms with van der Waals surface area (Å²) in [6.45, 7) is 6.33. The lowest BCUT2D eigenvalue weighted by Crippen LogP contribution is -2.29. The van der Waals surface area contributed by atoms with Gasteiger partial charge < -0.3 is 14.5 Å². The van der Waals surface area contributed by atoms with Gasteiger partial charge in [-0.2, -0.15) is 0 Å². The van der Waals surface area contributed by atoms with Gasteiger partial charge in [-0.15, -0.1) is 0 Å². The molecule has 0 aliphatic heterocycles. The molecule has 4 aromatic rings. The molecule has 0 bridgehead atoms. The highest BCUT2D eigenvalue weighted by molar-refractivity contribution is 6.30. The first kappa shape index (κ1) is 23.6. The lowest BCUT2D eigenvalue weighted by molar-refractivity contribution is -0.142. The van der Waals surface area contributed by atoms with E-state index in [0.29, 0.717) is 11.0 Å². The van der Waals surface area contributed by atoms with Crippen molar-refractivity contribution < 1.29 is 13.9 Å². The molecule has 0 saturated heterocycles. The van der Waals surface area contributed by atoms with E-state index in [4.69, 9.17) is 20.8 Å². The third-order valence-electron chi connectivity index (χ3n) is 5.62. The molecule has 0 atom stereocenters. The zero-order valence-electron chi connectivity index (χ0n) is 19.4. The number of rotatable bonds is 8. The molecule has 34 heavy (non-hydrogen) atoms. The van der Waals surface area contributed by atoms with Crippen LogP contribution in [-0.2, 0) is 28.9 Å². The van der Waals surface area contributed by atoms with Gasteiger partial charge >= 0.3 is 5.97 Å². The van der Waals surface area contributed by atoms with Crippen molar-refractivity contribution in [3.8, 4) is 0 Å². The van der Waals surface area contributed by atoms with Crippen LogP contribution in [0.3, 0.4) is 0 Å². The maximum atomic E-state index is 13.3. The van der Waals surface area contributed by atoms with Crippen molar-refractivity contribution in [3.63, 3.8) is 0 Å².